The fourth-order valence-electron chi connectivity index (χ4n) is 0.986. The van der Waals surface area contributed by atoms with Gasteiger partial charge in [-0.05, 0) is 0 Å². The quantitative estimate of drug-likeness (QED) is 0.335. The van der Waals surface area contributed by atoms with Crippen LogP contribution in [0.3, 0.4) is 0 Å². The van der Waals surface area contributed by atoms with E-state index in [1.54, 1.807) is 0 Å². The molecule has 19 heavy (non-hydrogen) atoms. The van der Waals surface area contributed by atoms with E-state index in [9.17, 15) is 35.9 Å². The van der Waals surface area contributed by atoms with E-state index in [1.165, 1.54) is 27.9 Å². The van der Waals surface area contributed by atoms with Crippen LogP contribution in [0.25, 0.3) is 0 Å². The van der Waals surface area contributed by atoms with E-state index >= 15 is 0 Å². The third-order valence-corrected chi connectivity index (χ3v) is 2.78. The van der Waals surface area contributed by atoms with Gasteiger partial charge in [-0.25, -0.2) is 0 Å². The molecule has 0 spiro atoms. The van der Waals surface area contributed by atoms with Gasteiger partial charge in [-0.3, -0.25) is 9.59 Å². The van der Waals surface area contributed by atoms with Gasteiger partial charge in [0.2, 0.25) is 11.8 Å². The fourth-order valence-corrected chi connectivity index (χ4v) is 1.46. The van der Waals surface area contributed by atoms with E-state index in [1.807, 2.05) is 0 Å². The summed E-state index contributed by atoms with van der Waals surface area (Å²) >= 11 is 1.41. The van der Waals surface area contributed by atoms with E-state index < -0.39 is 40.6 Å². The lowest BCUT2D eigenvalue weighted by atomic mass is 10.1. The lowest BCUT2D eigenvalue weighted by Crippen LogP contribution is -2.49. The molecule has 0 aromatic carbocycles. The van der Waals surface area contributed by atoms with Gasteiger partial charge in [0, 0.05) is 6.54 Å². The molecule has 1 N–H and O–H groups in total. The van der Waals surface area contributed by atoms with Crippen molar-refractivity contribution in [1.82, 2.24) is 5.32 Å². The van der Waals surface area contributed by atoms with E-state index in [4.69, 9.17) is 0 Å². The van der Waals surface area contributed by atoms with Crippen molar-refractivity contribution in [2.24, 2.45) is 5.92 Å². The second-order valence-electron chi connectivity index (χ2n) is 3.25. The molecule has 0 bridgehead atoms. The van der Waals surface area contributed by atoms with E-state index in [-0.39, 0.29) is 0 Å². The summed E-state index contributed by atoms with van der Waals surface area (Å²) in [5.41, 5.74) is 0. The molecular weight excluding hydrogens is 399 g/mol. The molecule has 1 amide bonds. The Balaban J connectivity index is 4.74. The number of carbonyl (C=O) groups is 2. The first-order valence-electron chi connectivity index (χ1n) is 4.54. The number of amides is 1. The smallest absolute Gasteiger partial charge is 0.409 e. The lowest BCUT2D eigenvalue weighted by molar-refractivity contribution is -0.274. The fraction of sp³-hybridized carbons (Fsp3) is 0.750. The minimum atomic E-state index is -5.76. The Morgan fingerprint density at radius 3 is 1.89 bits per heavy atom. The predicted octanol–water partition coefficient (Wildman–Crippen LogP) is 1.82. The molecule has 0 aliphatic rings. The van der Waals surface area contributed by atoms with Crippen LogP contribution in [-0.2, 0) is 14.3 Å². The Hall–Kier alpha value is -0.750. The van der Waals surface area contributed by atoms with Crippen LogP contribution in [0.2, 0.25) is 0 Å². The maximum Gasteiger partial charge on any atom is 0.409 e. The Morgan fingerprint density at radius 2 is 1.58 bits per heavy atom. The van der Waals surface area contributed by atoms with Crippen molar-refractivity contribution >= 4 is 34.5 Å². The van der Waals surface area contributed by atoms with Crippen LogP contribution in [0, 0.1) is 5.92 Å². The molecule has 0 aromatic heterocycles. The highest BCUT2D eigenvalue weighted by atomic mass is 127. The third-order valence-electron chi connectivity index (χ3n) is 1.83. The van der Waals surface area contributed by atoms with Crippen molar-refractivity contribution in [2.75, 3.05) is 13.7 Å². The average molecular weight is 407 g/mol. The van der Waals surface area contributed by atoms with Gasteiger partial charge in [-0.1, -0.05) is 22.6 Å². The highest BCUT2D eigenvalue weighted by Crippen LogP contribution is 2.39. The van der Waals surface area contributed by atoms with Gasteiger partial charge < -0.3 is 10.1 Å². The number of halogens is 7. The average Bonchev–Trinajstić information content (AvgIpc) is 2.20. The van der Waals surface area contributed by atoms with Crippen LogP contribution in [-0.4, -0.2) is 41.8 Å². The minimum Gasteiger partial charge on any atom is -0.468 e. The Morgan fingerprint density at radius 1 is 1.16 bits per heavy atom. The van der Waals surface area contributed by atoms with E-state index in [2.05, 4.69) is 4.74 Å². The number of ether oxygens (including phenoxy) is 1. The van der Waals surface area contributed by atoms with Crippen LogP contribution in [0.1, 0.15) is 0 Å². The SMILES string of the molecule is COC(=O)C(I)CNC(=O)C(C(F)(F)F)C(F)(F)F. The summed E-state index contributed by atoms with van der Waals surface area (Å²) in [4.78, 5) is 21.8. The second-order valence-corrected chi connectivity index (χ2v) is 4.76. The first kappa shape index (κ1) is 18.2. The molecular formula is C8H8F6INO3. The van der Waals surface area contributed by atoms with Gasteiger partial charge in [0.1, 0.15) is 3.92 Å². The summed E-state index contributed by atoms with van der Waals surface area (Å²) in [5, 5.41) is 1.42. The second kappa shape index (κ2) is 6.61. The van der Waals surface area contributed by atoms with Crippen molar-refractivity contribution in [3.8, 4) is 0 Å². The zero-order valence-electron chi connectivity index (χ0n) is 9.23. The number of rotatable bonds is 4. The van der Waals surface area contributed by atoms with Gasteiger partial charge in [0.15, 0.2) is 0 Å². The summed E-state index contributed by atoms with van der Waals surface area (Å²) in [5.74, 6) is -7.26. The number of esters is 1. The highest BCUT2D eigenvalue weighted by molar-refractivity contribution is 14.1. The molecule has 0 aliphatic heterocycles. The maximum atomic E-state index is 12.1. The predicted molar refractivity (Wildman–Crippen MR) is 58.4 cm³/mol. The van der Waals surface area contributed by atoms with E-state index in [0.717, 1.165) is 7.11 Å². The van der Waals surface area contributed by atoms with Crippen molar-refractivity contribution in [3.05, 3.63) is 0 Å². The Kier molecular flexibility index (Phi) is 6.35. The highest BCUT2D eigenvalue weighted by Gasteiger charge is 2.61. The molecule has 0 rings (SSSR count). The number of alkyl halides is 7. The molecule has 4 nitrogen and oxygen atoms in total. The first-order chi connectivity index (χ1) is 8.41. The first-order valence-corrected chi connectivity index (χ1v) is 5.78. The van der Waals surface area contributed by atoms with Crippen molar-refractivity contribution in [3.63, 3.8) is 0 Å². The molecule has 0 aromatic rings. The molecule has 0 radical (unpaired) electrons. The standard InChI is InChI=1S/C8H8F6INO3/c1-19-6(18)3(15)2-16-5(17)4(7(9,10)11)8(12,13)14/h3-4H,2H2,1H3,(H,16,17). The van der Waals surface area contributed by atoms with Gasteiger partial charge in [0.05, 0.1) is 7.11 Å². The Bertz CT molecular complexity index is 328. The Labute approximate surface area is 117 Å². The number of nitrogens with one attached hydrogen (secondary N) is 1. The molecule has 11 heteroatoms. The van der Waals surface area contributed by atoms with Crippen LogP contribution >= 0.6 is 22.6 Å². The number of carbonyl (C=O) groups excluding carboxylic acids is 2. The number of hydrogen-bond acceptors (Lipinski definition) is 3. The monoisotopic (exact) mass is 407 g/mol. The zero-order valence-corrected chi connectivity index (χ0v) is 11.4. The normalized spacial score (nSPS) is 14.2. The van der Waals surface area contributed by atoms with Gasteiger partial charge >= 0.3 is 18.3 Å². The van der Waals surface area contributed by atoms with Crippen LogP contribution < -0.4 is 5.32 Å². The van der Waals surface area contributed by atoms with E-state index in [0.29, 0.717) is 0 Å². The molecule has 0 saturated carbocycles. The molecule has 0 aliphatic carbocycles. The number of methoxy groups -OCH3 is 1. The van der Waals surface area contributed by atoms with Crippen molar-refractivity contribution in [2.45, 2.75) is 16.3 Å². The largest absolute Gasteiger partial charge is 0.468 e. The molecule has 112 valence electrons. The summed E-state index contributed by atoms with van der Waals surface area (Å²) < 4.78 is 76.0. The number of hydrogen-bond donors (Lipinski definition) is 1. The summed E-state index contributed by atoms with van der Waals surface area (Å²) in [7, 11) is 0.990. The summed E-state index contributed by atoms with van der Waals surface area (Å²) in [6, 6.07) is 0. The maximum absolute atomic E-state index is 12.1. The minimum absolute atomic E-state index is 0.700. The zero-order chi connectivity index (χ0) is 15.4. The molecule has 0 saturated heterocycles. The van der Waals surface area contributed by atoms with Crippen molar-refractivity contribution < 1.29 is 40.7 Å². The molecule has 0 fully saturated rings. The lowest BCUT2D eigenvalue weighted by Gasteiger charge is -2.22. The molecule has 1 unspecified atom stereocenters. The molecule has 0 heterocycles. The topological polar surface area (TPSA) is 55.4 Å². The van der Waals surface area contributed by atoms with Crippen LogP contribution in [0.5, 0.6) is 0 Å². The summed E-state index contributed by atoms with van der Waals surface area (Å²) in [6.45, 7) is -0.700. The van der Waals surface area contributed by atoms with Gasteiger partial charge in [-0.2, -0.15) is 26.3 Å². The van der Waals surface area contributed by atoms with Crippen LogP contribution in [0.4, 0.5) is 26.3 Å². The van der Waals surface area contributed by atoms with Gasteiger partial charge in [-0.15, -0.1) is 0 Å². The summed E-state index contributed by atoms with van der Waals surface area (Å²) in [6.07, 6.45) is -11.5. The van der Waals surface area contributed by atoms with Gasteiger partial charge in [0.25, 0.3) is 0 Å². The molecule has 1 atom stereocenters. The van der Waals surface area contributed by atoms with Crippen LogP contribution in [0.15, 0.2) is 0 Å². The van der Waals surface area contributed by atoms with Crippen molar-refractivity contribution in [1.29, 1.82) is 0 Å². The third kappa shape index (κ3) is 5.82.